The Balaban J connectivity index is 1.53. The van der Waals surface area contributed by atoms with E-state index in [0.717, 1.165) is 12.4 Å². The van der Waals surface area contributed by atoms with E-state index in [1.807, 2.05) is 6.20 Å². The Kier molecular flexibility index (Phi) is 3.42. The predicted octanol–water partition coefficient (Wildman–Crippen LogP) is 3.97. The highest BCUT2D eigenvalue weighted by Gasteiger charge is 2.23. The fourth-order valence-electron chi connectivity index (χ4n) is 3.89. The average molecular weight is 281 g/mol. The van der Waals surface area contributed by atoms with Crippen LogP contribution in [0.5, 0.6) is 0 Å². The van der Waals surface area contributed by atoms with Crippen molar-refractivity contribution in [1.29, 1.82) is 0 Å². The van der Waals surface area contributed by atoms with Gasteiger partial charge in [0.2, 0.25) is 5.95 Å². The third kappa shape index (κ3) is 2.57. The standard InChI is InChI=1S/C18H23N3/c1-2-6-15-13-17(10-9-14(15)5-1)21-12-11-19-18(21)20-16-7-3-4-8-16/h1-2,5-6,11-12,16-17H,3-4,7-10,13H2,(H,19,20). The van der Waals surface area contributed by atoms with Crippen LogP contribution in [0.4, 0.5) is 5.95 Å². The van der Waals surface area contributed by atoms with E-state index < -0.39 is 0 Å². The zero-order chi connectivity index (χ0) is 14.1. The van der Waals surface area contributed by atoms with Crippen LogP contribution in [0.25, 0.3) is 0 Å². The highest BCUT2D eigenvalue weighted by atomic mass is 15.2. The third-order valence-electron chi connectivity index (χ3n) is 5.07. The first kappa shape index (κ1) is 12.9. The maximum atomic E-state index is 4.56. The molecule has 3 nitrogen and oxygen atoms in total. The monoisotopic (exact) mass is 281 g/mol. The van der Waals surface area contributed by atoms with Crippen molar-refractivity contribution in [2.24, 2.45) is 0 Å². The van der Waals surface area contributed by atoms with E-state index in [1.54, 1.807) is 0 Å². The number of fused-ring (bicyclic) bond motifs is 1. The first-order valence-electron chi connectivity index (χ1n) is 8.26. The zero-order valence-electron chi connectivity index (χ0n) is 12.5. The van der Waals surface area contributed by atoms with Crippen LogP contribution in [-0.4, -0.2) is 15.6 Å². The average Bonchev–Trinajstić information content (AvgIpc) is 3.19. The lowest BCUT2D eigenvalue weighted by Crippen LogP contribution is -2.23. The molecule has 2 aromatic rings. The highest BCUT2D eigenvalue weighted by molar-refractivity contribution is 5.33. The van der Waals surface area contributed by atoms with Crippen LogP contribution < -0.4 is 5.32 Å². The Morgan fingerprint density at radius 1 is 1.05 bits per heavy atom. The summed E-state index contributed by atoms with van der Waals surface area (Å²) in [5, 5.41) is 3.66. The molecule has 21 heavy (non-hydrogen) atoms. The number of rotatable bonds is 3. The molecule has 0 spiro atoms. The minimum absolute atomic E-state index is 0.548. The molecule has 1 saturated carbocycles. The van der Waals surface area contributed by atoms with E-state index in [0.29, 0.717) is 12.1 Å². The summed E-state index contributed by atoms with van der Waals surface area (Å²) in [6, 6.07) is 10.0. The second kappa shape index (κ2) is 5.55. The Hall–Kier alpha value is -1.77. The fourth-order valence-corrected chi connectivity index (χ4v) is 3.89. The van der Waals surface area contributed by atoms with Gasteiger partial charge in [0.25, 0.3) is 0 Å². The molecule has 0 bridgehead atoms. The van der Waals surface area contributed by atoms with Crippen LogP contribution in [0, 0.1) is 0 Å². The van der Waals surface area contributed by atoms with Crippen molar-refractivity contribution < 1.29 is 0 Å². The molecule has 4 rings (SSSR count). The molecule has 2 aliphatic carbocycles. The van der Waals surface area contributed by atoms with E-state index in [-0.39, 0.29) is 0 Å². The number of imidazole rings is 1. The molecule has 1 aromatic heterocycles. The Bertz CT molecular complexity index is 610. The number of nitrogens with zero attached hydrogens (tertiary/aromatic N) is 2. The number of nitrogens with one attached hydrogen (secondary N) is 1. The van der Waals surface area contributed by atoms with Crippen molar-refractivity contribution in [2.75, 3.05) is 5.32 Å². The third-order valence-corrected chi connectivity index (χ3v) is 5.07. The van der Waals surface area contributed by atoms with Crippen LogP contribution in [0.1, 0.15) is 49.3 Å². The molecule has 1 heterocycles. The topological polar surface area (TPSA) is 29.9 Å². The smallest absolute Gasteiger partial charge is 0.203 e. The number of aryl methyl sites for hydroxylation is 1. The molecule has 1 fully saturated rings. The zero-order valence-corrected chi connectivity index (χ0v) is 12.5. The first-order chi connectivity index (χ1) is 10.4. The van der Waals surface area contributed by atoms with Gasteiger partial charge in [0.15, 0.2) is 0 Å². The lowest BCUT2D eigenvalue weighted by Gasteiger charge is -2.27. The molecule has 0 saturated heterocycles. The summed E-state index contributed by atoms with van der Waals surface area (Å²) >= 11 is 0. The minimum atomic E-state index is 0.548. The first-order valence-corrected chi connectivity index (χ1v) is 8.26. The van der Waals surface area contributed by atoms with Crippen LogP contribution in [0.2, 0.25) is 0 Å². The normalized spacial score (nSPS) is 22.2. The van der Waals surface area contributed by atoms with Crippen LogP contribution in [0.15, 0.2) is 36.7 Å². The van der Waals surface area contributed by atoms with E-state index >= 15 is 0 Å². The number of hydrogen-bond donors (Lipinski definition) is 1. The molecule has 1 atom stereocenters. The van der Waals surface area contributed by atoms with Gasteiger partial charge in [-0.1, -0.05) is 37.1 Å². The van der Waals surface area contributed by atoms with Gasteiger partial charge in [0, 0.05) is 24.5 Å². The summed E-state index contributed by atoms with van der Waals surface area (Å²) < 4.78 is 2.37. The van der Waals surface area contributed by atoms with E-state index in [2.05, 4.69) is 45.3 Å². The summed E-state index contributed by atoms with van der Waals surface area (Å²) in [6.07, 6.45) is 12.9. The molecule has 2 aliphatic rings. The van der Waals surface area contributed by atoms with Crippen molar-refractivity contribution in [1.82, 2.24) is 9.55 Å². The minimum Gasteiger partial charge on any atom is -0.353 e. The van der Waals surface area contributed by atoms with E-state index in [1.165, 1.54) is 49.7 Å². The van der Waals surface area contributed by atoms with Crippen LogP contribution >= 0.6 is 0 Å². The van der Waals surface area contributed by atoms with Gasteiger partial charge in [-0.05, 0) is 43.2 Å². The second-order valence-corrected chi connectivity index (χ2v) is 6.45. The highest BCUT2D eigenvalue weighted by Crippen LogP contribution is 2.31. The van der Waals surface area contributed by atoms with Gasteiger partial charge < -0.3 is 9.88 Å². The molecule has 0 radical (unpaired) electrons. The molecule has 3 heteroatoms. The number of benzene rings is 1. The molecule has 110 valence electrons. The Morgan fingerprint density at radius 3 is 2.71 bits per heavy atom. The molecular weight excluding hydrogens is 258 g/mol. The number of aromatic nitrogens is 2. The van der Waals surface area contributed by atoms with Crippen molar-refractivity contribution in [3.8, 4) is 0 Å². The van der Waals surface area contributed by atoms with E-state index in [4.69, 9.17) is 0 Å². The number of hydrogen-bond acceptors (Lipinski definition) is 2. The second-order valence-electron chi connectivity index (χ2n) is 6.45. The largest absolute Gasteiger partial charge is 0.353 e. The van der Waals surface area contributed by atoms with Gasteiger partial charge in [-0.3, -0.25) is 0 Å². The summed E-state index contributed by atoms with van der Waals surface area (Å²) in [5.41, 5.74) is 3.04. The molecule has 0 amide bonds. The van der Waals surface area contributed by atoms with E-state index in [9.17, 15) is 0 Å². The van der Waals surface area contributed by atoms with Gasteiger partial charge in [-0.25, -0.2) is 4.98 Å². The maximum absolute atomic E-state index is 4.56. The van der Waals surface area contributed by atoms with Crippen molar-refractivity contribution in [3.05, 3.63) is 47.8 Å². The summed E-state index contributed by atoms with van der Waals surface area (Å²) in [6.45, 7) is 0. The molecular formula is C18H23N3. The lowest BCUT2D eigenvalue weighted by atomic mass is 9.88. The molecule has 1 aromatic carbocycles. The van der Waals surface area contributed by atoms with Crippen LogP contribution in [-0.2, 0) is 12.8 Å². The summed E-state index contributed by atoms with van der Waals surface area (Å²) in [4.78, 5) is 4.56. The summed E-state index contributed by atoms with van der Waals surface area (Å²) in [5.74, 6) is 1.08. The van der Waals surface area contributed by atoms with Gasteiger partial charge in [-0.15, -0.1) is 0 Å². The van der Waals surface area contributed by atoms with Crippen molar-refractivity contribution in [3.63, 3.8) is 0 Å². The van der Waals surface area contributed by atoms with Gasteiger partial charge in [-0.2, -0.15) is 0 Å². The Labute approximate surface area is 126 Å². The fraction of sp³-hybridized carbons (Fsp3) is 0.500. The lowest BCUT2D eigenvalue weighted by molar-refractivity contribution is 0.444. The van der Waals surface area contributed by atoms with Gasteiger partial charge >= 0.3 is 0 Å². The quantitative estimate of drug-likeness (QED) is 0.922. The number of anilines is 1. The maximum Gasteiger partial charge on any atom is 0.203 e. The van der Waals surface area contributed by atoms with Crippen LogP contribution in [0.3, 0.4) is 0 Å². The van der Waals surface area contributed by atoms with Crippen molar-refractivity contribution >= 4 is 5.95 Å². The molecule has 1 N–H and O–H groups in total. The van der Waals surface area contributed by atoms with Crippen molar-refractivity contribution in [2.45, 2.75) is 57.0 Å². The van der Waals surface area contributed by atoms with Gasteiger partial charge in [0.1, 0.15) is 0 Å². The Morgan fingerprint density at radius 2 is 1.86 bits per heavy atom. The molecule has 1 unspecified atom stereocenters. The molecule has 0 aliphatic heterocycles. The predicted molar refractivity (Wildman–Crippen MR) is 85.6 cm³/mol. The van der Waals surface area contributed by atoms with Gasteiger partial charge in [0.05, 0.1) is 0 Å². The SMILES string of the molecule is c1ccc2c(c1)CCC(n1ccnc1NC1CCCC1)C2. The summed E-state index contributed by atoms with van der Waals surface area (Å²) in [7, 11) is 0.